The van der Waals surface area contributed by atoms with E-state index in [1.807, 2.05) is 66.4 Å². The number of amides is 1. The van der Waals surface area contributed by atoms with Gasteiger partial charge in [0.05, 0.1) is 0 Å². The summed E-state index contributed by atoms with van der Waals surface area (Å²) >= 11 is 0. The molecule has 4 nitrogen and oxygen atoms in total. The Bertz CT molecular complexity index is 694. The normalized spacial score (nSPS) is 15.0. The predicted octanol–water partition coefficient (Wildman–Crippen LogP) is 3.52. The molecule has 1 saturated heterocycles. The number of hydrogen-bond donors (Lipinski definition) is 1. The van der Waals surface area contributed by atoms with E-state index in [0.717, 1.165) is 55.9 Å². The summed E-state index contributed by atoms with van der Waals surface area (Å²) in [6.45, 7) is 6.23. The van der Waals surface area contributed by atoms with E-state index in [-0.39, 0.29) is 5.91 Å². The molecule has 2 aromatic carbocycles. The fraction of sp³-hybridized carbons (Fsp3) is 0.409. The zero-order valence-corrected chi connectivity index (χ0v) is 15.5. The zero-order chi connectivity index (χ0) is 18.2. The quantitative estimate of drug-likeness (QED) is 0.775. The van der Waals surface area contributed by atoms with Crippen molar-refractivity contribution in [3.05, 3.63) is 65.7 Å². The highest BCUT2D eigenvalue weighted by molar-refractivity contribution is 5.94. The van der Waals surface area contributed by atoms with Crippen LogP contribution >= 0.6 is 0 Å². The number of aryl methyl sites for hydroxylation is 1. The molecule has 0 bridgehead atoms. The van der Waals surface area contributed by atoms with Gasteiger partial charge in [0.15, 0.2) is 0 Å². The largest absolute Gasteiger partial charge is 0.492 e. The van der Waals surface area contributed by atoms with Gasteiger partial charge in [0.25, 0.3) is 5.91 Å². The summed E-state index contributed by atoms with van der Waals surface area (Å²) in [7, 11) is 0. The molecule has 0 radical (unpaired) electrons. The Hall–Kier alpha value is -2.33. The summed E-state index contributed by atoms with van der Waals surface area (Å²) in [5, 5.41) is 3.48. The summed E-state index contributed by atoms with van der Waals surface area (Å²) in [6, 6.07) is 17.8. The van der Waals surface area contributed by atoms with Crippen LogP contribution in [0.3, 0.4) is 0 Å². The van der Waals surface area contributed by atoms with Crippen LogP contribution in [0, 0.1) is 12.8 Å². The van der Waals surface area contributed by atoms with Crippen LogP contribution in [0.15, 0.2) is 54.6 Å². The van der Waals surface area contributed by atoms with Gasteiger partial charge < -0.3 is 15.0 Å². The third-order valence-electron chi connectivity index (χ3n) is 4.89. The van der Waals surface area contributed by atoms with Crippen molar-refractivity contribution < 1.29 is 9.53 Å². The average Bonchev–Trinajstić information content (AvgIpc) is 2.68. The number of nitrogens with one attached hydrogen (secondary N) is 1. The molecule has 0 spiro atoms. The number of piperidine rings is 1. The van der Waals surface area contributed by atoms with Crippen molar-refractivity contribution in [2.24, 2.45) is 5.92 Å². The molecule has 26 heavy (non-hydrogen) atoms. The van der Waals surface area contributed by atoms with Gasteiger partial charge in [0.2, 0.25) is 0 Å². The van der Waals surface area contributed by atoms with Crippen LogP contribution in [0.1, 0.15) is 28.8 Å². The first-order valence-electron chi connectivity index (χ1n) is 9.47. The Labute approximate surface area is 156 Å². The van der Waals surface area contributed by atoms with Crippen LogP contribution in [0.4, 0.5) is 0 Å². The molecular formula is C22H28N2O2. The molecule has 0 unspecified atom stereocenters. The van der Waals surface area contributed by atoms with Gasteiger partial charge in [-0.3, -0.25) is 4.79 Å². The summed E-state index contributed by atoms with van der Waals surface area (Å²) in [5.74, 6) is 1.71. The molecule has 1 N–H and O–H groups in total. The molecule has 0 aromatic heterocycles. The summed E-state index contributed by atoms with van der Waals surface area (Å²) in [4.78, 5) is 14.6. The zero-order valence-electron chi connectivity index (χ0n) is 15.5. The van der Waals surface area contributed by atoms with Crippen LogP contribution in [-0.4, -0.2) is 43.6 Å². The lowest BCUT2D eigenvalue weighted by atomic mass is 9.96. The van der Waals surface area contributed by atoms with Gasteiger partial charge in [-0.25, -0.2) is 0 Å². The summed E-state index contributed by atoms with van der Waals surface area (Å²) in [5.41, 5.74) is 1.94. The van der Waals surface area contributed by atoms with Gasteiger partial charge in [-0.05, 0) is 56.5 Å². The van der Waals surface area contributed by atoms with Crippen molar-refractivity contribution in [2.75, 3.05) is 32.8 Å². The van der Waals surface area contributed by atoms with E-state index in [0.29, 0.717) is 12.5 Å². The maximum Gasteiger partial charge on any atom is 0.253 e. The number of carbonyl (C=O) groups excluding carboxylic acids is 1. The topological polar surface area (TPSA) is 41.6 Å². The van der Waals surface area contributed by atoms with E-state index in [4.69, 9.17) is 4.74 Å². The number of benzene rings is 2. The Kier molecular flexibility index (Phi) is 6.67. The summed E-state index contributed by atoms with van der Waals surface area (Å²) < 4.78 is 5.69. The standard InChI is InChI=1S/C22H28N2O2/c1-18-6-5-7-20(16-18)22(25)24-13-10-19(11-14-24)17-23-12-15-26-21-8-3-2-4-9-21/h2-9,16,19,23H,10-15,17H2,1H3. The highest BCUT2D eigenvalue weighted by Gasteiger charge is 2.23. The number of carbonyl (C=O) groups is 1. The average molecular weight is 352 g/mol. The van der Waals surface area contributed by atoms with E-state index >= 15 is 0 Å². The van der Waals surface area contributed by atoms with Gasteiger partial charge in [-0.1, -0.05) is 35.9 Å². The Morgan fingerprint density at radius 2 is 1.88 bits per heavy atom. The fourth-order valence-corrected chi connectivity index (χ4v) is 3.36. The third kappa shape index (κ3) is 5.33. The highest BCUT2D eigenvalue weighted by atomic mass is 16.5. The van der Waals surface area contributed by atoms with Crippen molar-refractivity contribution in [3.63, 3.8) is 0 Å². The second kappa shape index (κ2) is 9.39. The monoisotopic (exact) mass is 352 g/mol. The lowest BCUT2D eigenvalue weighted by molar-refractivity contribution is 0.0690. The lowest BCUT2D eigenvalue weighted by Crippen LogP contribution is -2.41. The first-order valence-corrected chi connectivity index (χ1v) is 9.47. The van der Waals surface area contributed by atoms with Crippen molar-refractivity contribution in [2.45, 2.75) is 19.8 Å². The van der Waals surface area contributed by atoms with E-state index in [1.165, 1.54) is 0 Å². The van der Waals surface area contributed by atoms with Crippen LogP contribution in [0.5, 0.6) is 5.75 Å². The minimum atomic E-state index is 0.163. The van der Waals surface area contributed by atoms with E-state index < -0.39 is 0 Å². The molecule has 138 valence electrons. The molecule has 2 aromatic rings. The van der Waals surface area contributed by atoms with Gasteiger partial charge in [-0.2, -0.15) is 0 Å². The second-order valence-corrected chi connectivity index (χ2v) is 6.97. The number of likely N-dealkylation sites (tertiary alicyclic amines) is 1. The maximum atomic E-state index is 12.6. The van der Waals surface area contributed by atoms with Gasteiger partial charge in [-0.15, -0.1) is 0 Å². The van der Waals surface area contributed by atoms with Crippen LogP contribution < -0.4 is 10.1 Å². The molecule has 1 amide bonds. The molecule has 0 saturated carbocycles. The molecule has 4 heteroatoms. The van der Waals surface area contributed by atoms with Crippen LogP contribution in [0.2, 0.25) is 0 Å². The first kappa shape index (κ1) is 18.5. The Morgan fingerprint density at radius 3 is 2.62 bits per heavy atom. The fourth-order valence-electron chi connectivity index (χ4n) is 3.36. The van der Waals surface area contributed by atoms with Crippen molar-refractivity contribution in [1.82, 2.24) is 10.2 Å². The van der Waals surface area contributed by atoms with Crippen LogP contribution in [-0.2, 0) is 0 Å². The van der Waals surface area contributed by atoms with Gasteiger partial charge in [0.1, 0.15) is 12.4 Å². The Balaban J connectivity index is 1.33. The molecule has 1 fully saturated rings. The van der Waals surface area contributed by atoms with Crippen LogP contribution in [0.25, 0.3) is 0 Å². The first-order chi connectivity index (χ1) is 12.7. The third-order valence-corrected chi connectivity index (χ3v) is 4.89. The van der Waals surface area contributed by atoms with Gasteiger partial charge >= 0.3 is 0 Å². The van der Waals surface area contributed by atoms with Gasteiger partial charge in [0, 0.05) is 25.2 Å². The molecule has 1 aliphatic rings. The lowest BCUT2D eigenvalue weighted by Gasteiger charge is -2.32. The molecular weight excluding hydrogens is 324 g/mol. The van der Waals surface area contributed by atoms with Crippen molar-refractivity contribution in [3.8, 4) is 5.75 Å². The molecule has 0 atom stereocenters. The molecule has 1 aliphatic heterocycles. The summed E-state index contributed by atoms with van der Waals surface area (Å²) in [6.07, 6.45) is 2.12. The van der Waals surface area contributed by atoms with Crippen molar-refractivity contribution >= 4 is 5.91 Å². The molecule has 1 heterocycles. The van der Waals surface area contributed by atoms with E-state index in [2.05, 4.69) is 5.32 Å². The second-order valence-electron chi connectivity index (χ2n) is 6.97. The van der Waals surface area contributed by atoms with Crippen molar-refractivity contribution in [1.29, 1.82) is 0 Å². The van der Waals surface area contributed by atoms with E-state index in [9.17, 15) is 4.79 Å². The minimum absolute atomic E-state index is 0.163. The molecule has 0 aliphatic carbocycles. The predicted molar refractivity (Wildman–Crippen MR) is 105 cm³/mol. The number of ether oxygens (including phenoxy) is 1. The van der Waals surface area contributed by atoms with E-state index in [1.54, 1.807) is 0 Å². The maximum absolute atomic E-state index is 12.6. The number of hydrogen-bond acceptors (Lipinski definition) is 3. The minimum Gasteiger partial charge on any atom is -0.492 e. The SMILES string of the molecule is Cc1cccc(C(=O)N2CCC(CNCCOc3ccccc3)CC2)c1. The number of para-hydroxylation sites is 1. The molecule has 3 rings (SSSR count). The smallest absolute Gasteiger partial charge is 0.253 e. The highest BCUT2D eigenvalue weighted by Crippen LogP contribution is 2.19. The number of nitrogens with zero attached hydrogens (tertiary/aromatic N) is 1. The Morgan fingerprint density at radius 1 is 1.12 bits per heavy atom. The number of rotatable bonds is 7.